The summed E-state index contributed by atoms with van der Waals surface area (Å²) in [5.74, 6) is 0.660. The lowest BCUT2D eigenvalue weighted by Crippen LogP contribution is -2.17. The van der Waals surface area contributed by atoms with Gasteiger partial charge in [0, 0.05) is 6.07 Å². The second-order valence-electron chi connectivity index (χ2n) is 3.73. The van der Waals surface area contributed by atoms with E-state index in [0.717, 1.165) is 6.42 Å². The van der Waals surface area contributed by atoms with Crippen molar-refractivity contribution >= 4 is 21.4 Å². The number of sulfonamides is 1. The summed E-state index contributed by atoms with van der Waals surface area (Å²) in [6.07, 6.45) is 1.45. The Kier molecular flexibility index (Phi) is 4.62. The van der Waals surface area contributed by atoms with E-state index in [1.165, 1.54) is 7.11 Å². The van der Waals surface area contributed by atoms with Gasteiger partial charge in [0.15, 0.2) is 0 Å². The fraction of sp³-hybridized carbons (Fsp3) is 0.455. The van der Waals surface area contributed by atoms with E-state index in [4.69, 9.17) is 10.5 Å². The Balaban J connectivity index is 2.87. The van der Waals surface area contributed by atoms with Crippen molar-refractivity contribution in [2.45, 2.75) is 19.8 Å². The molecule has 0 aliphatic carbocycles. The van der Waals surface area contributed by atoms with E-state index in [2.05, 4.69) is 4.72 Å². The van der Waals surface area contributed by atoms with Crippen LogP contribution in [0.25, 0.3) is 0 Å². The molecule has 0 spiro atoms. The lowest BCUT2D eigenvalue weighted by molar-refractivity contribution is 0.415. The summed E-state index contributed by atoms with van der Waals surface area (Å²) in [7, 11) is -1.82. The van der Waals surface area contributed by atoms with Gasteiger partial charge in [0.05, 0.1) is 24.2 Å². The molecule has 1 rings (SSSR count). The highest BCUT2D eigenvalue weighted by Gasteiger charge is 2.12. The van der Waals surface area contributed by atoms with Crippen LogP contribution in [0.3, 0.4) is 0 Å². The Morgan fingerprint density at radius 2 is 2.12 bits per heavy atom. The first-order chi connectivity index (χ1) is 7.98. The molecule has 0 aliphatic rings. The second-order valence-corrected chi connectivity index (χ2v) is 5.57. The van der Waals surface area contributed by atoms with Crippen molar-refractivity contribution in [3.63, 3.8) is 0 Å². The third-order valence-electron chi connectivity index (χ3n) is 2.29. The molecule has 17 heavy (non-hydrogen) atoms. The standard InChI is InChI=1S/C11H18N2O3S/c1-3-4-7-17(14,15)13-11-8-9(16-2)5-6-10(11)12/h5-6,8,13H,3-4,7,12H2,1-2H3. The zero-order valence-electron chi connectivity index (χ0n) is 10.1. The first kappa shape index (κ1) is 13.6. The van der Waals surface area contributed by atoms with Crippen LogP contribution < -0.4 is 15.2 Å². The Morgan fingerprint density at radius 3 is 2.71 bits per heavy atom. The maximum Gasteiger partial charge on any atom is 0.232 e. The number of rotatable bonds is 6. The fourth-order valence-electron chi connectivity index (χ4n) is 1.30. The second kappa shape index (κ2) is 5.77. The van der Waals surface area contributed by atoms with Crippen LogP contribution in [0, 0.1) is 0 Å². The molecule has 0 aliphatic heterocycles. The van der Waals surface area contributed by atoms with Gasteiger partial charge in [-0.1, -0.05) is 13.3 Å². The molecule has 0 fully saturated rings. The molecule has 1 aromatic carbocycles. The molecular weight excluding hydrogens is 240 g/mol. The quantitative estimate of drug-likeness (QED) is 0.763. The number of ether oxygens (including phenoxy) is 1. The van der Waals surface area contributed by atoms with Crippen LogP contribution in [0.5, 0.6) is 5.75 Å². The Bertz CT molecular complexity index is 472. The lowest BCUT2D eigenvalue weighted by Gasteiger charge is -2.11. The summed E-state index contributed by atoms with van der Waals surface area (Å²) in [5.41, 5.74) is 6.44. The van der Waals surface area contributed by atoms with Crippen molar-refractivity contribution in [2.24, 2.45) is 0 Å². The molecule has 0 heterocycles. The minimum atomic E-state index is -3.33. The molecule has 3 N–H and O–H groups in total. The number of hydrogen-bond donors (Lipinski definition) is 2. The average Bonchev–Trinajstić information content (AvgIpc) is 2.29. The number of nitrogens with two attached hydrogens (primary N) is 1. The highest BCUT2D eigenvalue weighted by Crippen LogP contribution is 2.25. The number of benzene rings is 1. The molecule has 96 valence electrons. The molecule has 0 amide bonds. The molecule has 0 bridgehead atoms. The summed E-state index contributed by atoms with van der Waals surface area (Å²) >= 11 is 0. The fourth-order valence-corrected chi connectivity index (χ4v) is 2.59. The monoisotopic (exact) mass is 258 g/mol. The number of nitrogens with one attached hydrogen (secondary N) is 1. The molecule has 0 unspecified atom stereocenters. The first-order valence-electron chi connectivity index (χ1n) is 5.42. The Hall–Kier alpha value is -1.43. The van der Waals surface area contributed by atoms with Gasteiger partial charge in [-0.15, -0.1) is 0 Å². The summed E-state index contributed by atoms with van der Waals surface area (Å²) in [6, 6.07) is 4.86. The van der Waals surface area contributed by atoms with Crippen molar-refractivity contribution in [3.05, 3.63) is 18.2 Å². The van der Waals surface area contributed by atoms with Crippen LogP contribution in [0.1, 0.15) is 19.8 Å². The molecular formula is C11H18N2O3S. The Labute approximate surface area is 102 Å². The summed E-state index contributed by atoms with van der Waals surface area (Å²) < 4.78 is 30.9. The molecule has 0 aromatic heterocycles. The predicted octanol–water partition coefficient (Wildman–Crippen LogP) is 1.82. The Morgan fingerprint density at radius 1 is 1.41 bits per heavy atom. The van der Waals surface area contributed by atoms with E-state index >= 15 is 0 Å². The van der Waals surface area contributed by atoms with E-state index in [0.29, 0.717) is 23.5 Å². The third kappa shape index (κ3) is 4.14. The van der Waals surface area contributed by atoms with Gasteiger partial charge < -0.3 is 10.5 Å². The van der Waals surface area contributed by atoms with Gasteiger partial charge in [0.2, 0.25) is 10.0 Å². The number of unbranched alkanes of at least 4 members (excludes halogenated alkanes) is 1. The largest absolute Gasteiger partial charge is 0.497 e. The molecule has 0 atom stereocenters. The third-order valence-corrected chi connectivity index (χ3v) is 3.65. The highest BCUT2D eigenvalue weighted by molar-refractivity contribution is 7.92. The number of methoxy groups -OCH3 is 1. The van der Waals surface area contributed by atoms with Gasteiger partial charge in [0.1, 0.15) is 5.75 Å². The molecule has 0 radical (unpaired) electrons. The lowest BCUT2D eigenvalue weighted by atomic mass is 10.2. The van der Waals surface area contributed by atoms with Crippen molar-refractivity contribution in [1.82, 2.24) is 0 Å². The number of anilines is 2. The van der Waals surface area contributed by atoms with Gasteiger partial charge in [-0.3, -0.25) is 4.72 Å². The maximum atomic E-state index is 11.7. The van der Waals surface area contributed by atoms with E-state index < -0.39 is 10.0 Å². The predicted molar refractivity (Wildman–Crippen MR) is 69.7 cm³/mol. The van der Waals surface area contributed by atoms with Crippen molar-refractivity contribution in [1.29, 1.82) is 0 Å². The number of nitrogen functional groups attached to an aromatic ring is 1. The van der Waals surface area contributed by atoms with Gasteiger partial charge in [0.25, 0.3) is 0 Å². The van der Waals surface area contributed by atoms with Gasteiger partial charge in [-0.05, 0) is 18.6 Å². The SMILES string of the molecule is CCCCS(=O)(=O)Nc1cc(OC)ccc1N. The van der Waals surface area contributed by atoms with Gasteiger partial charge >= 0.3 is 0 Å². The van der Waals surface area contributed by atoms with Crippen LogP contribution in [0.15, 0.2) is 18.2 Å². The first-order valence-corrected chi connectivity index (χ1v) is 7.07. The van der Waals surface area contributed by atoms with E-state index in [1.807, 2.05) is 6.92 Å². The highest BCUT2D eigenvalue weighted by atomic mass is 32.2. The zero-order chi connectivity index (χ0) is 12.9. The molecule has 1 aromatic rings. The molecule has 0 saturated heterocycles. The van der Waals surface area contributed by atoms with Crippen LogP contribution in [0.4, 0.5) is 11.4 Å². The number of hydrogen-bond acceptors (Lipinski definition) is 4. The van der Waals surface area contributed by atoms with Crippen LogP contribution in [-0.2, 0) is 10.0 Å². The normalized spacial score (nSPS) is 11.2. The van der Waals surface area contributed by atoms with Gasteiger partial charge in [-0.2, -0.15) is 0 Å². The van der Waals surface area contributed by atoms with Gasteiger partial charge in [-0.25, -0.2) is 8.42 Å². The molecule has 6 heteroatoms. The summed E-state index contributed by atoms with van der Waals surface area (Å²) in [5, 5.41) is 0. The maximum absolute atomic E-state index is 11.7. The van der Waals surface area contributed by atoms with Crippen LogP contribution >= 0.6 is 0 Å². The molecule has 0 saturated carbocycles. The average molecular weight is 258 g/mol. The van der Waals surface area contributed by atoms with Crippen molar-refractivity contribution in [3.8, 4) is 5.75 Å². The minimum Gasteiger partial charge on any atom is -0.497 e. The summed E-state index contributed by atoms with van der Waals surface area (Å²) in [4.78, 5) is 0. The minimum absolute atomic E-state index is 0.0974. The van der Waals surface area contributed by atoms with Crippen molar-refractivity contribution in [2.75, 3.05) is 23.3 Å². The van der Waals surface area contributed by atoms with Crippen molar-refractivity contribution < 1.29 is 13.2 Å². The van der Waals surface area contributed by atoms with E-state index in [-0.39, 0.29) is 5.75 Å². The van der Waals surface area contributed by atoms with E-state index in [1.54, 1.807) is 18.2 Å². The summed E-state index contributed by atoms with van der Waals surface area (Å²) in [6.45, 7) is 1.94. The zero-order valence-corrected chi connectivity index (χ0v) is 10.9. The van der Waals surface area contributed by atoms with Crippen LogP contribution in [-0.4, -0.2) is 21.3 Å². The topological polar surface area (TPSA) is 81.4 Å². The molecule has 5 nitrogen and oxygen atoms in total. The van der Waals surface area contributed by atoms with Crippen LogP contribution in [0.2, 0.25) is 0 Å². The smallest absolute Gasteiger partial charge is 0.232 e. The van der Waals surface area contributed by atoms with E-state index in [9.17, 15) is 8.42 Å².